The smallest absolute Gasteiger partial charge is 0.324 e. The highest BCUT2D eigenvalue weighted by Gasteiger charge is 1.97. The van der Waals surface area contributed by atoms with Gasteiger partial charge in [-0.3, -0.25) is 9.71 Å². The number of thiazole rings is 1. The van der Waals surface area contributed by atoms with Crippen molar-refractivity contribution < 1.29 is 4.79 Å². The van der Waals surface area contributed by atoms with Crippen LogP contribution in [0.1, 0.15) is 4.88 Å². The SMILES string of the molecule is CNC(=O)NSCCSCc1cncs1. The zero-order valence-corrected chi connectivity index (χ0v) is 10.8. The Labute approximate surface area is 102 Å². The Morgan fingerprint density at radius 3 is 3.13 bits per heavy atom. The number of aromatic nitrogens is 1. The fourth-order valence-electron chi connectivity index (χ4n) is 0.754. The van der Waals surface area contributed by atoms with E-state index in [4.69, 9.17) is 0 Å². The van der Waals surface area contributed by atoms with Crippen molar-refractivity contribution in [3.8, 4) is 0 Å². The molecular weight excluding hydrogens is 250 g/mol. The highest BCUT2D eigenvalue weighted by atomic mass is 32.2. The molecular formula is C8H13N3OS3. The Hall–Kier alpha value is -0.400. The van der Waals surface area contributed by atoms with E-state index in [1.165, 1.54) is 16.8 Å². The van der Waals surface area contributed by atoms with E-state index in [2.05, 4.69) is 15.0 Å². The van der Waals surface area contributed by atoms with Crippen molar-refractivity contribution in [1.29, 1.82) is 0 Å². The van der Waals surface area contributed by atoms with Crippen molar-refractivity contribution in [2.75, 3.05) is 18.6 Å². The maximum Gasteiger partial charge on any atom is 0.324 e. The third kappa shape index (κ3) is 5.91. The van der Waals surface area contributed by atoms with Crippen LogP contribution in [-0.2, 0) is 5.75 Å². The largest absolute Gasteiger partial charge is 0.341 e. The summed E-state index contributed by atoms with van der Waals surface area (Å²) < 4.78 is 2.67. The monoisotopic (exact) mass is 263 g/mol. The molecule has 15 heavy (non-hydrogen) atoms. The second-order valence-corrected chi connectivity index (χ2v) is 5.53. The van der Waals surface area contributed by atoms with Gasteiger partial charge < -0.3 is 5.32 Å². The molecule has 0 radical (unpaired) electrons. The number of nitrogens with one attached hydrogen (secondary N) is 2. The topological polar surface area (TPSA) is 54.0 Å². The van der Waals surface area contributed by atoms with Crippen LogP contribution in [-0.4, -0.2) is 29.6 Å². The minimum Gasteiger partial charge on any atom is -0.341 e. The minimum absolute atomic E-state index is 0.146. The Morgan fingerprint density at radius 2 is 2.47 bits per heavy atom. The molecule has 1 aromatic rings. The lowest BCUT2D eigenvalue weighted by Crippen LogP contribution is -2.27. The predicted octanol–water partition coefficient (Wildman–Crippen LogP) is 1.95. The van der Waals surface area contributed by atoms with Crippen LogP contribution in [0, 0.1) is 0 Å². The second kappa shape index (κ2) is 7.84. The lowest BCUT2D eigenvalue weighted by Gasteiger charge is -2.02. The van der Waals surface area contributed by atoms with Crippen molar-refractivity contribution in [2.45, 2.75) is 5.75 Å². The van der Waals surface area contributed by atoms with Gasteiger partial charge in [0.05, 0.1) is 5.51 Å². The number of hydrogen-bond acceptors (Lipinski definition) is 5. The van der Waals surface area contributed by atoms with Crippen LogP contribution in [0.5, 0.6) is 0 Å². The summed E-state index contributed by atoms with van der Waals surface area (Å²) in [6.07, 6.45) is 1.90. The van der Waals surface area contributed by atoms with Gasteiger partial charge in [-0.25, -0.2) is 4.79 Å². The first-order valence-corrected chi connectivity index (χ1v) is 7.39. The minimum atomic E-state index is -0.146. The molecule has 84 valence electrons. The quantitative estimate of drug-likeness (QED) is 0.608. The summed E-state index contributed by atoms with van der Waals surface area (Å²) in [6.45, 7) is 0. The first-order valence-electron chi connectivity index (χ1n) is 4.37. The zero-order chi connectivity index (χ0) is 10.9. The van der Waals surface area contributed by atoms with Gasteiger partial charge in [-0.05, 0) is 11.9 Å². The van der Waals surface area contributed by atoms with Crippen LogP contribution < -0.4 is 10.0 Å². The molecule has 4 nitrogen and oxygen atoms in total. The molecule has 0 unspecified atom stereocenters. The number of hydrogen-bond donors (Lipinski definition) is 2. The van der Waals surface area contributed by atoms with Crippen molar-refractivity contribution in [3.05, 3.63) is 16.6 Å². The van der Waals surface area contributed by atoms with Crippen molar-refractivity contribution >= 4 is 41.1 Å². The number of rotatable bonds is 6. The Bertz CT molecular complexity index is 279. The lowest BCUT2D eigenvalue weighted by molar-refractivity contribution is 0.248. The molecule has 0 saturated heterocycles. The third-order valence-electron chi connectivity index (χ3n) is 1.45. The molecule has 0 atom stereocenters. The van der Waals surface area contributed by atoms with E-state index in [0.29, 0.717) is 0 Å². The fraction of sp³-hybridized carbons (Fsp3) is 0.500. The van der Waals surface area contributed by atoms with E-state index in [0.717, 1.165) is 17.3 Å². The van der Waals surface area contributed by atoms with Gasteiger partial charge >= 0.3 is 6.03 Å². The summed E-state index contributed by atoms with van der Waals surface area (Å²) in [5.74, 6) is 2.94. The maximum absolute atomic E-state index is 10.8. The van der Waals surface area contributed by atoms with Crippen molar-refractivity contribution in [2.24, 2.45) is 0 Å². The van der Waals surface area contributed by atoms with Gasteiger partial charge in [0.25, 0.3) is 0 Å². The van der Waals surface area contributed by atoms with E-state index < -0.39 is 0 Å². The van der Waals surface area contributed by atoms with Crippen LogP contribution in [0.4, 0.5) is 4.79 Å². The number of urea groups is 1. The van der Waals surface area contributed by atoms with E-state index in [-0.39, 0.29) is 6.03 Å². The summed E-state index contributed by atoms with van der Waals surface area (Å²) in [5, 5.41) is 2.49. The van der Waals surface area contributed by atoms with E-state index >= 15 is 0 Å². The van der Waals surface area contributed by atoms with Gasteiger partial charge in [-0.1, -0.05) is 0 Å². The number of carbonyl (C=O) groups excluding carboxylic acids is 1. The summed E-state index contributed by atoms with van der Waals surface area (Å²) >= 11 is 4.95. The Morgan fingerprint density at radius 1 is 1.60 bits per heavy atom. The first kappa shape index (κ1) is 12.7. The van der Waals surface area contributed by atoms with Gasteiger partial charge in [-0.2, -0.15) is 11.8 Å². The zero-order valence-electron chi connectivity index (χ0n) is 8.36. The van der Waals surface area contributed by atoms with Gasteiger partial charge in [0, 0.05) is 35.4 Å². The molecule has 0 aromatic carbocycles. The molecule has 0 aliphatic rings. The number of carbonyl (C=O) groups is 1. The van der Waals surface area contributed by atoms with Crippen LogP contribution in [0.2, 0.25) is 0 Å². The summed E-state index contributed by atoms with van der Waals surface area (Å²) in [6, 6.07) is -0.146. The molecule has 7 heteroatoms. The average Bonchev–Trinajstić information content (AvgIpc) is 2.75. The van der Waals surface area contributed by atoms with Crippen molar-refractivity contribution in [3.63, 3.8) is 0 Å². The second-order valence-electron chi connectivity index (χ2n) is 2.55. The summed E-state index contributed by atoms with van der Waals surface area (Å²) in [5.41, 5.74) is 1.85. The molecule has 1 rings (SSSR count). The van der Waals surface area contributed by atoms with E-state index in [1.54, 1.807) is 18.4 Å². The standard InChI is InChI=1S/C8H13N3OS3/c1-9-8(12)11-15-3-2-13-5-7-4-10-6-14-7/h4,6H,2-3,5H2,1H3,(H2,9,11,12). The van der Waals surface area contributed by atoms with Gasteiger partial charge in [0.2, 0.25) is 0 Å². The van der Waals surface area contributed by atoms with Crippen LogP contribution in [0.15, 0.2) is 11.7 Å². The molecule has 2 amide bonds. The van der Waals surface area contributed by atoms with Crippen LogP contribution in [0.25, 0.3) is 0 Å². The van der Waals surface area contributed by atoms with Crippen molar-refractivity contribution in [1.82, 2.24) is 15.0 Å². The van der Waals surface area contributed by atoms with Crippen LogP contribution in [0.3, 0.4) is 0 Å². The molecule has 1 aromatic heterocycles. The Balaban J connectivity index is 1.91. The van der Waals surface area contributed by atoms with Gasteiger partial charge in [0.1, 0.15) is 0 Å². The Kier molecular flexibility index (Phi) is 6.62. The first-order chi connectivity index (χ1) is 7.33. The predicted molar refractivity (Wildman–Crippen MR) is 68.3 cm³/mol. The normalized spacial score (nSPS) is 9.93. The molecule has 2 N–H and O–H groups in total. The molecule has 0 fully saturated rings. The van der Waals surface area contributed by atoms with Gasteiger partial charge in [-0.15, -0.1) is 11.3 Å². The number of amides is 2. The molecule has 0 bridgehead atoms. The summed E-state index contributed by atoms with van der Waals surface area (Å²) in [7, 11) is 1.61. The van der Waals surface area contributed by atoms with E-state index in [1.807, 2.05) is 23.5 Å². The summed E-state index contributed by atoms with van der Waals surface area (Å²) in [4.78, 5) is 16.1. The molecule has 0 spiro atoms. The highest BCUT2D eigenvalue weighted by molar-refractivity contribution is 8.01. The fourth-order valence-corrected chi connectivity index (χ4v) is 3.22. The lowest BCUT2D eigenvalue weighted by atomic mass is 10.6. The average molecular weight is 263 g/mol. The van der Waals surface area contributed by atoms with Gasteiger partial charge in [0.15, 0.2) is 0 Å². The molecule has 0 saturated carbocycles. The molecule has 0 aliphatic carbocycles. The molecule has 1 heterocycles. The highest BCUT2D eigenvalue weighted by Crippen LogP contribution is 2.15. The maximum atomic E-state index is 10.8. The van der Waals surface area contributed by atoms with Crippen LogP contribution >= 0.6 is 35.0 Å². The van der Waals surface area contributed by atoms with E-state index in [9.17, 15) is 4.79 Å². The molecule has 0 aliphatic heterocycles. The number of thioether (sulfide) groups is 1. The number of nitrogens with zero attached hydrogens (tertiary/aromatic N) is 1. The third-order valence-corrected chi connectivity index (χ3v) is 4.42.